The van der Waals surface area contributed by atoms with Gasteiger partial charge < -0.3 is 23.8 Å². The first-order valence-electron chi connectivity index (χ1n) is 15.7. The molecule has 0 aliphatic carbocycles. The fraction of sp³-hybridized carbons (Fsp3) is 0.394. The molecule has 0 saturated carbocycles. The molecule has 10 nitrogen and oxygen atoms in total. The summed E-state index contributed by atoms with van der Waals surface area (Å²) in [6.07, 6.45) is -0.467. The number of pyridine rings is 1. The molecular weight excluding hydrogens is 654 g/mol. The normalized spacial score (nSPS) is 21.6. The van der Waals surface area contributed by atoms with Crippen LogP contribution in [0.1, 0.15) is 54.9 Å². The molecule has 2 atom stereocenters. The Kier molecular flexibility index (Phi) is 7.57. The fourth-order valence-corrected chi connectivity index (χ4v) is 6.85. The molecule has 48 heavy (non-hydrogen) atoms. The number of imidazole rings is 1. The third kappa shape index (κ3) is 5.65. The predicted octanol–water partition coefficient (Wildman–Crippen LogP) is 6.84. The van der Waals surface area contributed by atoms with Crippen molar-refractivity contribution in [1.29, 1.82) is 0 Å². The van der Waals surface area contributed by atoms with Crippen LogP contribution in [0, 0.1) is 5.82 Å². The van der Waals surface area contributed by atoms with Crippen LogP contribution in [0.4, 0.5) is 17.6 Å². The Morgan fingerprint density at radius 2 is 1.88 bits per heavy atom. The van der Waals surface area contributed by atoms with Crippen molar-refractivity contribution >= 4 is 22.8 Å². The smallest absolute Gasteiger partial charge is 0.444 e. The molecule has 2 saturated heterocycles. The molecule has 0 amide bonds. The lowest BCUT2D eigenvalue weighted by Crippen LogP contribution is -2.35. The third-order valence-electron chi connectivity index (χ3n) is 9.30. The van der Waals surface area contributed by atoms with Gasteiger partial charge in [-0.25, -0.2) is 14.4 Å². The molecule has 0 spiro atoms. The van der Waals surface area contributed by atoms with Gasteiger partial charge in [-0.1, -0.05) is 23.7 Å². The van der Waals surface area contributed by atoms with Crippen molar-refractivity contribution in [2.75, 3.05) is 19.7 Å². The second-order valence-electron chi connectivity index (χ2n) is 12.5. The predicted molar refractivity (Wildman–Crippen MR) is 166 cm³/mol. The Bertz CT molecular complexity index is 2010. The van der Waals surface area contributed by atoms with Gasteiger partial charge >= 0.3 is 6.18 Å². The van der Waals surface area contributed by atoms with Gasteiger partial charge in [-0.15, -0.1) is 10.2 Å². The van der Waals surface area contributed by atoms with E-state index in [-0.39, 0.29) is 23.4 Å². The second kappa shape index (κ2) is 11.7. The molecular formula is C33H30ClF4N7O3. The van der Waals surface area contributed by atoms with Crippen molar-refractivity contribution in [3.63, 3.8) is 0 Å². The number of aromatic nitrogens is 6. The first-order chi connectivity index (χ1) is 23.0. The van der Waals surface area contributed by atoms with E-state index < -0.39 is 23.6 Å². The molecule has 3 aliphatic rings. The number of nitrogens with zero attached hydrogens (tertiary/aromatic N) is 6. The number of likely N-dealkylation sites (tertiary alicyclic amines) is 1. The van der Waals surface area contributed by atoms with Crippen LogP contribution < -0.4 is 9.47 Å². The van der Waals surface area contributed by atoms with E-state index in [0.717, 1.165) is 43.7 Å². The molecule has 2 aromatic carbocycles. The van der Waals surface area contributed by atoms with Crippen molar-refractivity contribution in [1.82, 2.24) is 34.6 Å². The van der Waals surface area contributed by atoms with Gasteiger partial charge in [0.15, 0.2) is 23.0 Å². The summed E-state index contributed by atoms with van der Waals surface area (Å²) in [6, 6.07) is 11.9. The van der Waals surface area contributed by atoms with E-state index in [0.29, 0.717) is 52.9 Å². The van der Waals surface area contributed by atoms with E-state index in [1.165, 1.54) is 12.3 Å². The van der Waals surface area contributed by atoms with Crippen LogP contribution >= 0.6 is 11.6 Å². The average Bonchev–Trinajstić information content (AvgIpc) is 3.74. The van der Waals surface area contributed by atoms with Crippen molar-refractivity contribution in [3.8, 4) is 22.9 Å². The maximum Gasteiger partial charge on any atom is 0.451 e. The van der Waals surface area contributed by atoms with Gasteiger partial charge in [-0.3, -0.25) is 4.90 Å². The number of nitrogens with one attached hydrogen (secondary N) is 1. The van der Waals surface area contributed by atoms with Crippen molar-refractivity contribution in [2.45, 2.75) is 63.3 Å². The number of piperidine rings is 1. The number of halogens is 5. The molecule has 0 radical (unpaired) electrons. The number of hydrogen-bond acceptors (Lipinski definition) is 8. The second-order valence-corrected chi connectivity index (χ2v) is 12.9. The maximum absolute atomic E-state index is 14.9. The van der Waals surface area contributed by atoms with E-state index in [9.17, 15) is 17.6 Å². The summed E-state index contributed by atoms with van der Waals surface area (Å²) in [4.78, 5) is 14.0. The fourth-order valence-electron chi connectivity index (χ4n) is 6.69. The zero-order valence-corrected chi connectivity index (χ0v) is 26.5. The number of benzene rings is 2. The average molecular weight is 684 g/mol. The Balaban J connectivity index is 0.998. The molecule has 5 aromatic rings. The van der Waals surface area contributed by atoms with Gasteiger partial charge in [0.25, 0.3) is 5.79 Å². The molecule has 0 bridgehead atoms. The number of ether oxygens (including phenoxy) is 3. The van der Waals surface area contributed by atoms with Gasteiger partial charge in [-0.05, 0) is 68.6 Å². The number of aromatic amines is 1. The van der Waals surface area contributed by atoms with E-state index in [1.54, 1.807) is 25.1 Å². The lowest BCUT2D eigenvalue weighted by Gasteiger charge is -2.33. The lowest BCUT2D eigenvalue weighted by atomic mass is 9.88. The van der Waals surface area contributed by atoms with E-state index in [1.807, 2.05) is 22.8 Å². The highest BCUT2D eigenvalue weighted by Gasteiger charge is 2.43. The first-order valence-corrected chi connectivity index (χ1v) is 16.1. The Labute approximate surface area is 277 Å². The minimum Gasteiger partial charge on any atom is -0.444 e. The molecule has 2 fully saturated rings. The first kappa shape index (κ1) is 31.0. The zero-order chi connectivity index (χ0) is 33.2. The molecule has 250 valence electrons. The SMILES string of the molecule is CC1(c2ccc(Cl)cc2F)Oc2cccc(C3CCN(Cc4nc5cc(-c6nnc(C(F)(F)F)[nH]6)cnc5n4CC4CCO4)CC3)c2O1. The quantitative estimate of drug-likeness (QED) is 0.186. The van der Waals surface area contributed by atoms with Gasteiger partial charge in [0, 0.05) is 35.9 Å². The lowest BCUT2D eigenvalue weighted by molar-refractivity contribution is -0.144. The number of fused-ring (bicyclic) bond motifs is 2. The summed E-state index contributed by atoms with van der Waals surface area (Å²) in [5.74, 6) is -0.809. The van der Waals surface area contributed by atoms with Crippen LogP contribution in [0.3, 0.4) is 0 Å². The highest BCUT2D eigenvalue weighted by atomic mass is 35.5. The highest BCUT2D eigenvalue weighted by Crippen LogP contribution is 2.50. The topological polar surface area (TPSA) is 103 Å². The largest absolute Gasteiger partial charge is 0.451 e. The Hall–Kier alpha value is -4.27. The molecule has 3 aromatic heterocycles. The summed E-state index contributed by atoms with van der Waals surface area (Å²) in [5, 5.41) is 7.20. The van der Waals surface area contributed by atoms with Crippen molar-refractivity contribution in [2.24, 2.45) is 0 Å². The summed E-state index contributed by atoms with van der Waals surface area (Å²) in [6.45, 7) is 5.13. The van der Waals surface area contributed by atoms with Crippen molar-refractivity contribution in [3.05, 3.63) is 82.3 Å². The summed E-state index contributed by atoms with van der Waals surface area (Å²) < 4.78 is 74.4. The van der Waals surface area contributed by atoms with E-state index in [2.05, 4.69) is 25.1 Å². The van der Waals surface area contributed by atoms with Gasteiger partial charge in [0.2, 0.25) is 5.82 Å². The molecule has 15 heteroatoms. The number of para-hydroxylation sites is 1. The van der Waals surface area contributed by atoms with Crippen LogP contribution in [-0.4, -0.2) is 60.4 Å². The summed E-state index contributed by atoms with van der Waals surface area (Å²) in [5.41, 5.74) is 2.84. The van der Waals surface area contributed by atoms with Crippen LogP contribution in [0.5, 0.6) is 11.5 Å². The molecule has 8 rings (SSSR count). The molecule has 6 heterocycles. The monoisotopic (exact) mass is 683 g/mol. The number of rotatable bonds is 7. The standard InChI is InChI=1S/C33H30ClF4N7O3/c1-32(23-6-5-20(34)14-24(23)35)47-26-4-2-3-22(28(26)48-32)18-7-10-44(11-8-18)17-27-40-25-13-19(29-41-31(43-42-29)33(36,37)38)15-39-30(25)45(27)16-21-9-12-46-21/h2-6,13-15,18,21H,7-12,16-17H2,1H3,(H,41,42,43). The van der Waals surface area contributed by atoms with E-state index in [4.69, 9.17) is 30.8 Å². The Morgan fingerprint density at radius 3 is 2.58 bits per heavy atom. The number of alkyl halides is 3. The maximum atomic E-state index is 14.9. The number of H-pyrrole nitrogens is 1. The summed E-state index contributed by atoms with van der Waals surface area (Å²) in [7, 11) is 0. The van der Waals surface area contributed by atoms with Crippen LogP contribution in [0.15, 0.2) is 48.7 Å². The van der Waals surface area contributed by atoms with Crippen molar-refractivity contribution < 1.29 is 31.8 Å². The highest BCUT2D eigenvalue weighted by molar-refractivity contribution is 6.30. The summed E-state index contributed by atoms with van der Waals surface area (Å²) >= 11 is 5.97. The minimum absolute atomic E-state index is 0.0300. The number of hydrogen-bond donors (Lipinski definition) is 1. The van der Waals surface area contributed by atoms with Crippen LogP contribution in [0.25, 0.3) is 22.6 Å². The molecule has 2 unspecified atom stereocenters. The van der Waals surface area contributed by atoms with Gasteiger partial charge in [0.05, 0.1) is 24.8 Å². The van der Waals surface area contributed by atoms with Crippen LogP contribution in [-0.2, 0) is 29.8 Å². The molecule has 1 N–H and O–H groups in total. The van der Waals surface area contributed by atoms with Crippen LogP contribution in [0.2, 0.25) is 5.02 Å². The molecule has 3 aliphatic heterocycles. The van der Waals surface area contributed by atoms with Gasteiger partial charge in [-0.2, -0.15) is 13.2 Å². The zero-order valence-electron chi connectivity index (χ0n) is 25.7. The Morgan fingerprint density at radius 1 is 1.06 bits per heavy atom. The van der Waals surface area contributed by atoms with Gasteiger partial charge in [0.1, 0.15) is 17.2 Å². The van der Waals surface area contributed by atoms with E-state index >= 15 is 0 Å². The third-order valence-corrected chi connectivity index (χ3v) is 9.53. The minimum atomic E-state index is -4.63.